The first-order valence-electron chi connectivity index (χ1n) is 10.6. The molecule has 0 aliphatic carbocycles. The Bertz CT molecular complexity index is 1550. The maximum atomic E-state index is 13.2. The lowest BCUT2D eigenvalue weighted by atomic mass is 9.98. The van der Waals surface area contributed by atoms with Crippen molar-refractivity contribution in [3.05, 3.63) is 109 Å². The van der Waals surface area contributed by atoms with Crippen molar-refractivity contribution >= 4 is 17.5 Å². The minimum absolute atomic E-state index is 0.105. The van der Waals surface area contributed by atoms with Crippen LogP contribution in [0.15, 0.2) is 70.5 Å². The zero-order chi connectivity index (χ0) is 24.5. The Kier molecular flexibility index (Phi) is 5.87. The molecule has 1 aliphatic heterocycles. The van der Waals surface area contributed by atoms with E-state index in [1.165, 1.54) is 24.4 Å². The Morgan fingerprint density at radius 3 is 2.60 bits per heavy atom. The van der Waals surface area contributed by atoms with Crippen LogP contribution in [0.4, 0.5) is 4.39 Å². The van der Waals surface area contributed by atoms with E-state index in [0.29, 0.717) is 30.8 Å². The number of nitrogens with zero attached hydrogens (tertiary/aromatic N) is 4. The van der Waals surface area contributed by atoms with Gasteiger partial charge in [-0.15, -0.1) is 0 Å². The number of hydrogen-bond donors (Lipinski definition) is 1. The third-order valence-electron chi connectivity index (χ3n) is 5.50. The molecule has 0 fully saturated rings. The SMILES string of the molecule is O=C1c2ccc(Oc3ncc(-n4ncc(=O)[nH]c4=O)cc3Cl)cc2CCN1Cc1ccc(F)cc1. The normalized spacial score (nSPS) is 13.0. The molecular weight excluding hydrogens is 477 g/mol. The Labute approximate surface area is 202 Å². The van der Waals surface area contributed by atoms with Crippen LogP contribution in [-0.2, 0) is 13.0 Å². The zero-order valence-corrected chi connectivity index (χ0v) is 18.8. The average Bonchev–Trinajstić information content (AvgIpc) is 2.84. The van der Waals surface area contributed by atoms with Crippen LogP contribution in [0.5, 0.6) is 11.6 Å². The average molecular weight is 494 g/mol. The highest BCUT2D eigenvalue weighted by molar-refractivity contribution is 6.32. The molecule has 11 heteroatoms. The number of H-pyrrole nitrogens is 1. The Hall–Kier alpha value is -4.31. The van der Waals surface area contributed by atoms with E-state index < -0.39 is 11.2 Å². The van der Waals surface area contributed by atoms with Crippen molar-refractivity contribution in [1.29, 1.82) is 0 Å². The number of pyridine rings is 1. The molecule has 4 aromatic rings. The summed E-state index contributed by atoms with van der Waals surface area (Å²) in [5.74, 6) is 0.127. The lowest BCUT2D eigenvalue weighted by molar-refractivity contribution is 0.0727. The van der Waals surface area contributed by atoms with Crippen LogP contribution in [0.3, 0.4) is 0 Å². The summed E-state index contributed by atoms with van der Waals surface area (Å²) < 4.78 is 19.9. The van der Waals surface area contributed by atoms with Crippen molar-refractivity contribution in [2.24, 2.45) is 0 Å². The van der Waals surface area contributed by atoms with Crippen LogP contribution in [0.1, 0.15) is 21.5 Å². The van der Waals surface area contributed by atoms with Gasteiger partial charge in [0.1, 0.15) is 22.8 Å². The third-order valence-corrected chi connectivity index (χ3v) is 5.77. The number of fused-ring (bicyclic) bond motifs is 1. The Morgan fingerprint density at radius 1 is 1.06 bits per heavy atom. The smallest absolute Gasteiger partial charge is 0.349 e. The summed E-state index contributed by atoms with van der Waals surface area (Å²) >= 11 is 6.30. The molecule has 0 saturated heterocycles. The fourth-order valence-corrected chi connectivity index (χ4v) is 3.99. The molecule has 1 amide bonds. The van der Waals surface area contributed by atoms with Crippen molar-refractivity contribution < 1.29 is 13.9 Å². The molecule has 1 aliphatic rings. The van der Waals surface area contributed by atoms with Gasteiger partial charge in [0.05, 0.1) is 11.9 Å². The predicted octanol–water partition coefficient (Wildman–Crippen LogP) is 3.10. The van der Waals surface area contributed by atoms with Crippen LogP contribution in [-0.4, -0.2) is 37.1 Å². The largest absolute Gasteiger partial charge is 0.438 e. The second-order valence-corrected chi connectivity index (χ2v) is 8.26. The van der Waals surface area contributed by atoms with E-state index in [9.17, 15) is 18.8 Å². The molecule has 0 atom stereocenters. The summed E-state index contributed by atoms with van der Waals surface area (Å²) in [5, 5.41) is 3.89. The minimum atomic E-state index is -0.725. The molecule has 2 aromatic carbocycles. The van der Waals surface area contributed by atoms with Gasteiger partial charge < -0.3 is 9.64 Å². The van der Waals surface area contributed by atoms with E-state index in [0.717, 1.165) is 22.0 Å². The Balaban J connectivity index is 1.33. The highest BCUT2D eigenvalue weighted by Crippen LogP contribution is 2.31. The molecule has 0 saturated carbocycles. The second-order valence-electron chi connectivity index (χ2n) is 7.86. The molecule has 0 unspecified atom stereocenters. The van der Waals surface area contributed by atoms with Crippen molar-refractivity contribution in [1.82, 2.24) is 24.6 Å². The van der Waals surface area contributed by atoms with Gasteiger partial charge in [0, 0.05) is 18.7 Å². The van der Waals surface area contributed by atoms with Gasteiger partial charge in [-0.3, -0.25) is 14.6 Å². The summed E-state index contributed by atoms with van der Waals surface area (Å²) in [6, 6.07) is 12.6. The number of carbonyl (C=O) groups is 1. The topological polar surface area (TPSA) is 110 Å². The van der Waals surface area contributed by atoms with Crippen LogP contribution >= 0.6 is 11.6 Å². The van der Waals surface area contributed by atoms with Gasteiger partial charge in [-0.1, -0.05) is 23.7 Å². The van der Waals surface area contributed by atoms with E-state index in [-0.39, 0.29) is 28.3 Å². The zero-order valence-electron chi connectivity index (χ0n) is 18.1. The first-order chi connectivity index (χ1) is 16.9. The predicted molar refractivity (Wildman–Crippen MR) is 125 cm³/mol. The van der Waals surface area contributed by atoms with Crippen molar-refractivity contribution in [3.8, 4) is 17.3 Å². The number of nitrogens with one attached hydrogen (secondary N) is 1. The van der Waals surface area contributed by atoms with Gasteiger partial charge in [-0.2, -0.15) is 9.78 Å². The monoisotopic (exact) mass is 493 g/mol. The summed E-state index contributed by atoms with van der Waals surface area (Å²) in [6.07, 6.45) is 2.93. The highest BCUT2D eigenvalue weighted by atomic mass is 35.5. The standard InChI is InChI=1S/C24H17ClFN5O4/c25-20-10-17(31-24(34)29-21(32)12-28-31)11-27-22(20)35-18-5-6-19-15(9-18)7-8-30(23(19)33)13-14-1-3-16(26)4-2-14/h1-6,9-12H,7-8,13H2,(H,29,32,34). The first-order valence-corrected chi connectivity index (χ1v) is 10.9. The molecule has 1 N–H and O–H groups in total. The van der Waals surface area contributed by atoms with Gasteiger partial charge in [0.15, 0.2) is 0 Å². The second kappa shape index (κ2) is 9.15. The van der Waals surface area contributed by atoms with Crippen LogP contribution in [0.2, 0.25) is 5.02 Å². The third kappa shape index (κ3) is 4.69. The molecule has 176 valence electrons. The van der Waals surface area contributed by atoms with Gasteiger partial charge >= 0.3 is 5.69 Å². The van der Waals surface area contributed by atoms with E-state index in [4.69, 9.17) is 16.3 Å². The van der Waals surface area contributed by atoms with Gasteiger partial charge in [0.2, 0.25) is 5.88 Å². The molecule has 2 aromatic heterocycles. The fraction of sp³-hybridized carbons (Fsp3) is 0.125. The van der Waals surface area contributed by atoms with E-state index >= 15 is 0 Å². The molecule has 0 bridgehead atoms. The molecule has 0 radical (unpaired) electrons. The molecular formula is C24H17ClFN5O4. The lowest BCUT2D eigenvalue weighted by Crippen LogP contribution is -2.37. The Morgan fingerprint density at radius 2 is 1.86 bits per heavy atom. The van der Waals surface area contributed by atoms with Crippen molar-refractivity contribution in [2.75, 3.05) is 6.54 Å². The van der Waals surface area contributed by atoms with Gasteiger partial charge in [0.25, 0.3) is 11.5 Å². The van der Waals surface area contributed by atoms with E-state index in [2.05, 4.69) is 15.1 Å². The lowest BCUT2D eigenvalue weighted by Gasteiger charge is -2.29. The number of aromatic nitrogens is 4. The van der Waals surface area contributed by atoms with E-state index in [1.807, 2.05) is 0 Å². The molecule has 9 nitrogen and oxygen atoms in total. The van der Waals surface area contributed by atoms with Gasteiger partial charge in [-0.05, 0) is 53.9 Å². The number of halogens is 2. The highest BCUT2D eigenvalue weighted by Gasteiger charge is 2.25. The number of benzene rings is 2. The molecule has 3 heterocycles. The molecule has 5 rings (SSSR count). The maximum absolute atomic E-state index is 13.2. The molecule has 35 heavy (non-hydrogen) atoms. The fourth-order valence-electron chi connectivity index (χ4n) is 3.79. The minimum Gasteiger partial charge on any atom is -0.438 e. The van der Waals surface area contributed by atoms with Crippen LogP contribution in [0.25, 0.3) is 5.69 Å². The number of rotatable bonds is 5. The summed E-state index contributed by atoms with van der Waals surface area (Å²) in [7, 11) is 0. The quantitative estimate of drug-likeness (QED) is 0.457. The first kappa shape index (κ1) is 22.5. The number of amides is 1. The number of carbonyl (C=O) groups excluding carboxylic acids is 1. The van der Waals surface area contributed by atoms with Gasteiger partial charge in [-0.25, -0.2) is 14.2 Å². The summed E-state index contributed by atoms with van der Waals surface area (Å²) in [4.78, 5) is 44.1. The van der Waals surface area contributed by atoms with E-state index in [1.54, 1.807) is 35.2 Å². The molecule has 0 spiro atoms. The summed E-state index contributed by atoms with van der Waals surface area (Å²) in [5.41, 5.74) is 1.17. The van der Waals surface area contributed by atoms with Crippen molar-refractivity contribution in [3.63, 3.8) is 0 Å². The van der Waals surface area contributed by atoms with Crippen LogP contribution < -0.4 is 16.0 Å². The summed E-state index contributed by atoms with van der Waals surface area (Å²) in [6.45, 7) is 0.914. The number of hydrogen-bond acceptors (Lipinski definition) is 6. The maximum Gasteiger partial charge on any atom is 0.349 e. The number of ether oxygens (including phenoxy) is 1. The van der Waals surface area contributed by atoms with Crippen molar-refractivity contribution in [2.45, 2.75) is 13.0 Å². The number of aromatic amines is 1. The van der Waals surface area contributed by atoms with Crippen LogP contribution in [0, 0.1) is 5.82 Å².